The molecule has 1 fully saturated rings. The molecule has 1 saturated heterocycles. The predicted octanol–water partition coefficient (Wildman–Crippen LogP) is 3.33. The van der Waals surface area contributed by atoms with Crippen molar-refractivity contribution >= 4 is 17.8 Å². The first-order valence-corrected chi connectivity index (χ1v) is 11.6. The summed E-state index contributed by atoms with van der Waals surface area (Å²) in [6, 6.07) is 28.4. The highest BCUT2D eigenvalue weighted by atomic mass is 16.5. The molecule has 0 aromatic heterocycles. The van der Waals surface area contributed by atoms with E-state index in [1.54, 1.807) is 7.11 Å². The summed E-state index contributed by atoms with van der Waals surface area (Å²) in [4.78, 5) is 36.2. The first-order chi connectivity index (χ1) is 17.4. The Bertz CT molecular complexity index is 1090. The maximum atomic E-state index is 13.5. The van der Waals surface area contributed by atoms with E-state index in [9.17, 15) is 4.79 Å². The van der Waals surface area contributed by atoms with Crippen molar-refractivity contribution in [2.45, 2.75) is 12.5 Å². The normalized spacial score (nSPS) is 13.4. The molecule has 3 aromatic carbocycles. The fourth-order valence-electron chi connectivity index (χ4n) is 4.11. The van der Waals surface area contributed by atoms with E-state index in [0.29, 0.717) is 0 Å². The molecule has 0 atom stereocenters. The average molecular weight is 491 g/mol. The monoisotopic (exact) mass is 490 g/mol. The van der Waals surface area contributed by atoms with Crippen LogP contribution < -0.4 is 4.74 Å². The number of ether oxygens (including phenoxy) is 1. The number of rotatable bonds is 6. The molecule has 1 amide bonds. The Balaban J connectivity index is 0.000000538. The van der Waals surface area contributed by atoms with Gasteiger partial charge in [0.2, 0.25) is 5.91 Å². The van der Waals surface area contributed by atoms with Crippen LogP contribution in [0.2, 0.25) is 0 Å². The number of carbonyl (C=O) groups excluding carboxylic acids is 1. The minimum Gasteiger partial charge on any atom is -0.497 e. The molecular weight excluding hydrogens is 460 g/mol. The van der Waals surface area contributed by atoms with Crippen molar-refractivity contribution in [1.82, 2.24) is 9.80 Å². The number of aliphatic carboxylic acids is 2. The van der Waals surface area contributed by atoms with Crippen LogP contribution in [0, 0.1) is 0 Å². The zero-order valence-corrected chi connectivity index (χ0v) is 20.1. The van der Waals surface area contributed by atoms with Gasteiger partial charge in [0.05, 0.1) is 13.0 Å². The maximum Gasteiger partial charge on any atom is 0.414 e. The van der Waals surface area contributed by atoms with Crippen LogP contribution in [0.25, 0.3) is 0 Å². The fraction of sp³-hybridized carbons (Fsp3) is 0.250. The van der Waals surface area contributed by atoms with Gasteiger partial charge in [0, 0.05) is 32.7 Å². The molecule has 4 rings (SSSR count). The standard InChI is InChI=1S/C26H28N2O2.C2H2O4/c1-30-24-14-8-9-21(19-24)20-27-15-17-28(18-16-27)26(29)25(22-10-4-2-5-11-22)23-12-6-3-7-13-23;3-1(4)2(5)6/h2-14,19,25H,15-18,20H2,1H3;(H,3,4)(H,5,6). The SMILES string of the molecule is COc1cccc(CN2CCN(C(=O)C(c3ccccc3)c3ccccc3)CC2)c1.O=C(O)C(=O)O. The topological polar surface area (TPSA) is 107 Å². The van der Waals surface area contributed by atoms with Gasteiger partial charge in [-0.15, -0.1) is 0 Å². The van der Waals surface area contributed by atoms with Gasteiger partial charge in [0.1, 0.15) is 5.75 Å². The highest BCUT2D eigenvalue weighted by molar-refractivity contribution is 6.27. The van der Waals surface area contributed by atoms with Crippen molar-refractivity contribution in [2.75, 3.05) is 33.3 Å². The number of methoxy groups -OCH3 is 1. The molecule has 0 spiro atoms. The number of nitrogens with zero attached hydrogens (tertiary/aromatic N) is 2. The number of carboxylic acid groups (broad SMARTS) is 2. The summed E-state index contributed by atoms with van der Waals surface area (Å²) >= 11 is 0. The van der Waals surface area contributed by atoms with Gasteiger partial charge in [-0.3, -0.25) is 9.69 Å². The quantitative estimate of drug-likeness (QED) is 0.511. The van der Waals surface area contributed by atoms with Gasteiger partial charge in [-0.2, -0.15) is 0 Å². The van der Waals surface area contributed by atoms with Crippen LogP contribution in [0.3, 0.4) is 0 Å². The first-order valence-electron chi connectivity index (χ1n) is 11.6. The number of carbonyl (C=O) groups is 3. The molecule has 0 unspecified atom stereocenters. The zero-order chi connectivity index (χ0) is 25.9. The van der Waals surface area contributed by atoms with Crippen molar-refractivity contribution in [3.63, 3.8) is 0 Å². The smallest absolute Gasteiger partial charge is 0.414 e. The first kappa shape index (κ1) is 26.4. The van der Waals surface area contributed by atoms with Crippen LogP contribution in [0.5, 0.6) is 5.75 Å². The molecule has 0 bridgehead atoms. The molecule has 0 aliphatic carbocycles. The molecule has 3 aromatic rings. The van der Waals surface area contributed by atoms with Gasteiger partial charge in [-0.05, 0) is 28.8 Å². The average Bonchev–Trinajstić information content (AvgIpc) is 2.91. The lowest BCUT2D eigenvalue weighted by Crippen LogP contribution is -2.49. The zero-order valence-electron chi connectivity index (χ0n) is 20.1. The largest absolute Gasteiger partial charge is 0.497 e. The summed E-state index contributed by atoms with van der Waals surface area (Å²) < 4.78 is 5.33. The van der Waals surface area contributed by atoms with E-state index in [4.69, 9.17) is 24.5 Å². The van der Waals surface area contributed by atoms with Gasteiger partial charge in [-0.25, -0.2) is 9.59 Å². The molecule has 2 N–H and O–H groups in total. The number of hydrogen-bond donors (Lipinski definition) is 2. The number of hydrogen-bond acceptors (Lipinski definition) is 5. The molecule has 188 valence electrons. The van der Waals surface area contributed by atoms with Crippen molar-refractivity contribution in [3.05, 3.63) is 102 Å². The summed E-state index contributed by atoms with van der Waals surface area (Å²) in [7, 11) is 1.69. The van der Waals surface area contributed by atoms with Gasteiger partial charge >= 0.3 is 11.9 Å². The van der Waals surface area contributed by atoms with E-state index in [1.165, 1.54) is 5.56 Å². The minimum atomic E-state index is -1.82. The van der Waals surface area contributed by atoms with Crippen molar-refractivity contribution in [1.29, 1.82) is 0 Å². The lowest BCUT2D eigenvalue weighted by molar-refractivity contribution is -0.159. The number of benzene rings is 3. The lowest BCUT2D eigenvalue weighted by atomic mass is 9.90. The molecule has 0 radical (unpaired) electrons. The second-order valence-corrected chi connectivity index (χ2v) is 8.32. The minimum absolute atomic E-state index is 0.188. The van der Waals surface area contributed by atoms with E-state index in [0.717, 1.165) is 49.6 Å². The van der Waals surface area contributed by atoms with E-state index in [2.05, 4.69) is 41.3 Å². The summed E-state index contributed by atoms with van der Waals surface area (Å²) in [6.45, 7) is 4.12. The lowest BCUT2D eigenvalue weighted by Gasteiger charge is -2.36. The van der Waals surface area contributed by atoms with E-state index in [1.807, 2.05) is 53.4 Å². The molecule has 8 nitrogen and oxygen atoms in total. The Labute approximate surface area is 210 Å². The van der Waals surface area contributed by atoms with Crippen molar-refractivity contribution in [3.8, 4) is 5.75 Å². The third-order valence-corrected chi connectivity index (χ3v) is 5.92. The second-order valence-electron chi connectivity index (χ2n) is 8.32. The van der Waals surface area contributed by atoms with Gasteiger partial charge < -0.3 is 19.8 Å². The predicted molar refractivity (Wildman–Crippen MR) is 135 cm³/mol. The van der Waals surface area contributed by atoms with Gasteiger partial charge in [0.25, 0.3) is 0 Å². The number of carboxylic acids is 2. The molecule has 1 heterocycles. The number of piperazine rings is 1. The van der Waals surface area contributed by atoms with Crippen LogP contribution in [-0.4, -0.2) is 71.1 Å². The van der Waals surface area contributed by atoms with Crippen LogP contribution in [0.15, 0.2) is 84.9 Å². The van der Waals surface area contributed by atoms with Crippen molar-refractivity contribution in [2.24, 2.45) is 0 Å². The molecule has 0 saturated carbocycles. The highest BCUT2D eigenvalue weighted by Crippen LogP contribution is 2.27. The van der Waals surface area contributed by atoms with Gasteiger partial charge in [0.15, 0.2) is 0 Å². The Morgan fingerprint density at radius 3 is 1.78 bits per heavy atom. The Morgan fingerprint density at radius 2 is 1.31 bits per heavy atom. The molecule has 8 heteroatoms. The fourth-order valence-corrected chi connectivity index (χ4v) is 4.11. The Hall–Kier alpha value is -4.17. The van der Waals surface area contributed by atoms with E-state index in [-0.39, 0.29) is 11.8 Å². The number of amides is 1. The highest BCUT2D eigenvalue weighted by Gasteiger charge is 2.29. The van der Waals surface area contributed by atoms with E-state index < -0.39 is 11.9 Å². The summed E-state index contributed by atoms with van der Waals surface area (Å²) in [5, 5.41) is 14.8. The summed E-state index contributed by atoms with van der Waals surface area (Å²) in [5.41, 5.74) is 3.33. The van der Waals surface area contributed by atoms with Crippen LogP contribution >= 0.6 is 0 Å². The second kappa shape index (κ2) is 13.1. The van der Waals surface area contributed by atoms with Crippen molar-refractivity contribution < 1.29 is 29.3 Å². The van der Waals surface area contributed by atoms with Crippen LogP contribution in [0.1, 0.15) is 22.6 Å². The Kier molecular flexibility index (Phi) is 9.59. The van der Waals surface area contributed by atoms with Crippen LogP contribution in [-0.2, 0) is 20.9 Å². The van der Waals surface area contributed by atoms with Crippen LogP contribution in [0.4, 0.5) is 0 Å². The van der Waals surface area contributed by atoms with E-state index >= 15 is 0 Å². The summed E-state index contributed by atoms with van der Waals surface area (Å²) in [5.74, 6) is -2.83. The third-order valence-electron chi connectivity index (χ3n) is 5.92. The summed E-state index contributed by atoms with van der Waals surface area (Å²) in [6.07, 6.45) is 0. The molecule has 1 aliphatic rings. The van der Waals surface area contributed by atoms with Gasteiger partial charge in [-0.1, -0.05) is 72.8 Å². The third kappa shape index (κ3) is 7.41. The molecular formula is C28H30N2O6. The molecule has 36 heavy (non-hydrogen) atoms. The Morgan fingerprint density at radius 1 is 0.778 bits per heavy atom. The molecule has 1 aliphatic heterocycles. The maximum absolute atomic E-state index is 13.5.